The van der Waals surface area contributed by atoms with Crippen LogP contribution < -0.4 is 9.73 Å². The van der Waals surface area contributed by atoms with Crippen LogP contribution in [0, 0.1) is 0 Å². The number of hydrogen-bond acceptors (Lipinski definition) is 6. The van der Waals surface area contributed by atoms with E-state index in [-0.39, 0.29) is 11.3 Å². The minimum Gasteiger partial charge on any atom is -0.446 e. The van der Waals surface area contributed by atoms with Crippen molar-refractivity contribution in [3.8, 4) is 0 Å². The van der Waals surface area contributed by atoms with Gasteiger partial charge in [-0.15, -0.1) is 0 Å². The number of rotatable bonds is 5. The first-order chi connectivity index (χ1) is 14.5. The zero-order valence-electron chi connectivity index (χ0n) is 16.6. The molecule has 1 unspecified atom stereocenters. The van der Waals surface area contributed by atoms with Gasteiger partial charge in [0.2, 0.25) is 0 Å². The molecule has 0 saturated carbocycles. The fraction of sp³-hybridized carbons (Fsp3) is 0.300. The lowest BCUT2D eigenvalue weighted by atomic mass is 10.0. The molecule has 0 aliphatic carbocycles. The Morgan fingerprint density at radius 2 is 1.74 bits per heavy atom. The van der Waals surface area contributed by atoms with E-state index in [1.54, 1.807) is 48.9 Å². The maximum absolute atomic E-state index is 13.3. The molecular weight excluding hydrogens is 435 g/mol. The van der Waals surface area contributed by atoms with E-state index >= 15 is 0 Å². The van der Waals surface area contributed by atoms with Gasteiger partial charge in [-0.05, 0) is 43.7 Å². The summed E-state index contributed by atoms with van der Waals surface area (Å²) in [7, 11) is -4.19. The third-order valence-electron chi connectivity index (χ3n) is 4.39. The molecular formula is C20H20F3N3O4S. The van der Waals surface area contributed by atoms with Crippen LogP contribution in [-0.4, -0.2) is 32.5 Å². The summed E-state index contributed by atoms with van der Waals surface area (Å²) in [5.41, 5.74) is -0.00625. The number of para-hydroxylation sites is 1. The molecule has 0 aromatic heterocycles. The maximum Gasteiger partial charge on any atom is 0.431 e. The van der Waals surface area contributed by atoms with Crippen molar-refractivity contribution in [3.05, 3.63) is 60.2 Å². The van der Waals surface area contributed by atoms with Crippen LogP contribution in [0.5, 0.6) is 0 Å². The van der Waals surface area contributed by atoms with E-state index in [2.05, 4.69) is 5.10 Å². The van der Waals surface area contributed by atoms with Crippen LogP contribution in [0.15, 0.2) is 64.6 Å². The topological polar surface area (TPSA) is 88.1 Å². The number of nitrogens with one attached hydrogen (secondary N) is 1. The standard InChI is InChI=1S/C20H20F3N3O4S/c1-13(2)30-19(27)25-31(28,29)16-10-8-14(9-11-16)17-12-18(20(21,22)23)24-26(17)15-6-4-3-5-7-15/h3-11,13,17H,12H2,1-2H3,(H,25,27). The van der Waals surface area contributed by atoms with Crippen molar-refractivity contribution >= 4 is 27.5 Å². The third kappa shape index (κ3) is 5.35. The summed E-state index contributed by atoms with van der Waals surface area (Å²) in [5.74, 6) is 0. The molecule has 1 amide bonds. The minimum absolute atomic E-state index is 0.224. The molecule has 2 aromatic rings. The number of benzene rings is 2. The van der Waals surface area contributed by atoms with Crippen LogP contribution in [0.1, 0.15) is 31.9 Å². The number of hydrazone groups is 1. The van der Waals surface area contributed by atoms with Gasteiger partial charge in [0.25, 0.3) is 10.0 Å². The molecule has 0 radical (unpaired) electrons. The first kappa shape index (κ1) is 22.6. The van der Waals surface area contributed by atoms with Gasteiger partial charge >= 0.3 is 12.3 Å². The van der Waals surface area contributed by atoms with Crippen LogP contribution in [-0.2, 0) is 14.8 Å². The number of ether oxygens (including phenoxy) is 1. The number of alkyl halides is 3. The van der Waals surface area contributed by atoms with E-state index in [1.807, 2.05) is 0 Å². The van der Waals surface area contributed by atoms with Gasteiger partial charge in [-0.1, -0.05) is 30.3 Å². The number of carbonyl (C=O) groups excluding carboxylic acids is 1. The summed E-state index contributed by atoms with van der Waals surface area (Å²) in [5, 5.41) is 5.03. The SMILES string of the molecule is CC(C)OC(=O)NS(=O)(=O)c1ccc(C2CC(C(F)(F)F)=NN2c2ccccc2)cc1. The number of amides is 1. The highest BCUT2D eigenvalue weighted by Gasteiger charge is 2.43. The van der Waals surface area contributed by atoms with E-state index in [1.165, 1.54) is 29.3 Å². The molecule has 1 N–H and O–H groups in total. The van der Waals surface area contributed by atoms with Crippen LogP contribution in [0.25, 0.3) is 0 Å². The number of hydrogen-bond donors (Lipinski definition) is 1. The monoisotopic (exact) mass is 455 g/mol. The Kier molecular flexibility index (Phi) is 6.25. The molecule has 1 aliphatic heterocycles. The van der Waals surface area contributed by atoms with Crippen LogP contribution >= 0.6 is 0 Å². The summed E-state index contributed by atoms with van der Waals surface area (Å²) in [4.78, 5) is 11.4. The van der Waals surface area contributed by atoms with E-state index in [0.29, 0.717) is 11.3 Å². The van der Waals surface area contributed by atoms with Gasteiger partial charge in [0.15, 0.2) is 0 Å². The average Bonchev–Trinajstić information content (AvgIpc) is 3.13. The fourth-order valence-electron chi connectivity index (χ4n) is 3.04. The van der Waals surface area contributed by atoms with Crippen molar-refractivity contribution in [2.24, 2.45) is 5.10 Å². The second-order valence-corrected chi connectivity index (χ2v) is 8.76. The predicted octanol–water partition coefficient (Wildman–Crippen LogP) is 4.38. The van der Waals surface area contributed by atoms with E-state index in [0.717, 1.165) is 0 Å². The zero-order chi connectivity index (χ0) is 22.8. The summed E-state index contributed by atoms with van der Waals surface area (Å²) in [6.07, 6.45) is -6.59. The van der Waals surface area contributed by atoms with Gasteiger partial charge in [0.1, 0.15) is 5.71 Å². The first-order valence-corrected chi connectivity index (χ1v) is 10.8. The third-order valence-corrected chi connectivity index (χ3v) is 5.72. The summed E-state index contributed by atoms with van der Waals surface area (Å²) in [6, 6.07) is 12.8. The van der Waals surface area contributed by atoms with Gasteiger partial charge in [-0.2, -0.15) is 18.3 Å². The quantitative estimate of drug-likeness (QED) is 0.723. The van der Waals surface area contributed by atoms with Crippen LogP contribution in [0.3, 0.4) is 0 Å². The van der Waals surface area contributed by atoms with Crippen LogP contribution in [0.4, 0.5) is 23.7 Å². The highest BCUT2D eigenvalue weighted by Crippen LogP contribution is 2.39. The van der Waals surface area contributed by atoms with Gasteiger partial charge in [0, 0.05) is 6.42 Å². The molecule has 0 fully saturated rings. The van der Waals surface area contributed by atoms with Crippen molar-refractivity contribution in [2.45, 2.75) is 43.5 Å². The first-order valence-electron chi connectivity index (χ1n) is 9.30. The molecule has 1 atom stereocenters. The summed E-state index contributed by atoms with van der Waals surface area (Å²) >= 11 is 0. The van der Waals surface area contributed by atoms with Crippen molar-refractivity contribution in [3.63, 3.8) is 0 Å². The van der Waals surface area contributed by atoms with Gasteiger partial charge in [0.05, 0.1) is 22.7 Å². The Labute approximate surface area is 177 Å². The highest BCUT2D eigenvalue weighted by atomic mass is 32.2. The smallest absolute Gasteiger partial charge is 0.431 e. The van der Waals surface area contributed by atoms with E-state index in [4.69, 9.17) is 4.74 Å². The van der Waals surface area contributed by atoms with E-state index < -0.39 is 40.2 Å². The lowest BCUT2D eigenvalue weighted by Crippen LogP contribution is -2.32. The van der Waals surface area contributed by atoms with Crippen molar-refractivity contribution in [1.29, 1.82) is 0 Å². The molecule has 11 heteroatoms. The highest BCUT2D eigenvalue weighted by molar-refractivity contribution is 7.90. The molecule has 1 aliphatic rings. The van der Waals surface area contributed by atoms with Crippen molar-refractivity contribution in [1.82, 2.24) is 4.72 Å². The predicted molar refractivity (Wildman–Crippen MR) is 108 cm³/mol. The molecule has 2 aromatic carbocycles. The Bertz CT molecular complexity index is 1070. The fourth-order valence-corrected chi connectivity index (χ4v) is 3.92. The van der Waals surface area contributed by atoms with Gasteiger partial charge in [-0.3, -0.25) is 5.01 Å². The van der Waals surface area contributed by atoms with Crippen molar-refractivity contribution < 1.29 is 31.1 Å². The Hall–Kier alpha value is -3.08. The molecule has 1 heterocycles. The number of halogens is 3. The lowest BCUT2D eigenvalue weighted by molar-refractivity contribution is -0.0600. The van der Waals surface area contributed by atoms with Crippen molar-refractivity contribution in [2.75, 3.05) is 5.01 Å². The number of carbonyl (C=O) groups is 1. The molecule has 3 rings (SSSR count). The lowest BCUT2D eigenvalue weighted by Gasteiger charge is -2.24. The van der Waals surface area contributed by atoms with E-state index in [9.17, 15) is 26.4 Å². The summed E-state index contributed by atoms with van der Waals surface area (Å²) in [6.45, 7) is 3.14. The molecule has 0 spiro atoms. The number of anilines is 1. The number of sulfonamides is 1. The Morgan fingerprint density at radius 3 is 2.29 bits per heavy atom. The minimum atomic E-state index is -4.58. The average molecular weight is 455 g/mol. The second kappa shape index (κ2) is 8.58. The normalized spacial score (nSPS) is 16.9. The molecule has 31 heavy (non-hydrogen) atoms. The largest absolute Gasteiger partial charge is 0.446 e. The van der Waals surface area contributed by atoms with Gasteiger partial charge < -0.3 is 4.74 Å². The summed E-state index contributed by atoms with van der Waals surface area (Å²) < 4.78 is 71.1. The Morgan fingerprint density at radius 1 is 1.13 bits per heavy atom. The Balaban J connectivity index is 1.86. The molecule has 0 saturated heterocycles. The van der Waals surface area contributed by atoms with Crippen LogP contribution in [0.2, 0.25) is 0 Å². The molecule has 166 valence electrons. The molecule has 7 nitrogen and oxygen atoms in total. The second-order valence-electron chi connectivity index (χ2n) is 7.07. The molecule has 0 bridgehead atoms. The zero-order valence-corrected chi connectivity index (χ0v) is 17.4. The maximum atomic E-state index is 13.3. The number of nitrogens with zero attached hydrogens (tertiary/aromatic N) is 2. The van der Waals surface area contributed by atoms with Gasteiger partial charge in [-0.25, -0.2) is 17.9 Å².